The number of aryl methyl sites for hydroxylation is 1. The molecule has 1 saturated heterocycles. The second kappa shape index (κ2) is 8.52. The third-order valence-electron chi connectivity index (χ3n) is 6.98. The number of rotatable bonds is 2. The van der Waals surface area contributed by atoms with Gasteiger partial charge in [-0.15, -0.1) is 0 Å². The number of benzene rings is 1. The molecule has 1 aliphatic rings. The van der Waals surface area contributed by atoms with E-state index < -0.39 is 46.9 Å². The fourth-order valence-corrected chi connectivity index (χ4v) is 5.03. The molecule has 3 N–H and O–H groups in total. The smallest absolute Gasteiger partial charge is 0.391 e. The van der Waals surface area contributed by atoms with Gasteiger partial charge in [0.2, 0.25) is 5.82 Å². The average molecular weight is 535 g/mol. The molecule has 0 unspecified atom stereocenters. The number of nitrogens with one attached hydrogen (secondary N) is 1. The lowest BCUT2D eigenvalue weighted by atomic mass is 9.91. The molecule has 1 amide bonds. The largest absolute Gasteiger partial charge is 0.449 e. The van der Waals surface area contributed by atoms with Crippen LogP contribution in [0.2, 0.25) is 0 Å². The number of alkyl halides is 3. The highest BCUT2D eigenvalue weighted by Gasteiger charge is 2.42. The summed E-state index contributed by atoms with van der Waals surface area (Å²) < 4.78 is 42.6. The molecule has 12 nitrogen and oxygen atoms in total. The van der Waals surface area contributed by atoms with E-state index in [4.69, 9.17) is 0 Å². The van der Waals surface area contributed by atoms with E-state index in [1.807, 2.05) is 0 Å². The van der Waals surface area contributed by atoms with Crippen molar-refractivity contribution in [3.8, 4) is 0 Å². The molecule has 1 aromatic carbocycles. The summed E-state index contributed by atoms with van der Waals surface area (Å²) in [4.78, 5) is 50.0. The molecular weight excluding hydrogens is 511 g/mol. The lowest BCUT2D eigenvalue weighted by molar-refractivity contribution is -0.144. The van der Waals surface area contributed by atoms with Crippen LogP contribution in [-0.4, -0.2) is 74.5 Å². The number of hydrogen-bond acceptors (Lipinski definition) is 7. The van der Waals surface area contributed by atoms with Gasteiger partial charge in [-0.05, 0) is 25.1 Å². The van der Waals surface area contributed by atoms with E-state index in [9.17, 15) is 37.8 Å². The van der Waals surface area contributed by atoms with Gasteiger partial charge in [-0.2, -0.15) is 13.2 Å². The molecule has 38 heavy (non-hydrogen) atoms. The normalized spacial score (nSPS) is 22.8. The van der Waals surface area contributed by atoms with Crippen LogP contribution in [0.4, 0.5) is 13.2 Å². The fraction of sp³-hybridized carbons (Fsp3) is 0.435. The molecule has 0 spiro atoms. The van der Waals surface area contributed by atoms with E-state index in [-0.39, 0.29) is 47.3 Å². The maximum Gasteiger partial charge on any atom is 0.449 e. The average Bonchev–Trinajstić information content (AvgIpc) is 3.44. The van der Waals surface area contributed by atoms with Gasteiger partial charge in [0.25, 0.3) is 11.5 Å². The second-order valence-corrected chi connectivity index (χ2v) is 9.79. The number of halogens is 3. The molecule has 0 saturated carbocycles. The Bertz CT molecular complexity index is 1700. The van der Waals surface area contributed by atoms with Crippen molar-refractivity contribution in [1.29, 1.82) is 0 Å². The minimum atomic E-state index is -4.69. The zero-order valence-corrected chi connectivity index (χ0v) is 20.5. The quantitative estimate of drug-likeness (QED) is 0.339. The van der Waals surface area contributed by atoms with Gasteiger partial charge in [-0.3, -0.25) is 18.7 Å². The molecule has 0 aliphatic carbocycles. The Morgan fingerprint density at radius 2 is 1.89 bits per heavy atom. The first-order valence-electron chi connectivity index (χ1n) is 11.6. The molecule has 4 aromatic rings. The van der Waals surface area contributed by atoms with E-state index >= 15 is 0 Å². The van der Waals surface area contributed by atoms with Gasteiger partial charge < -0.3 is 24.7 Å². The SMILES string of the molecule is Cn1c(=O)c2c(ncn2[C@H]2CN(C(=O)c3ccc4nc(C(F)(F)F)[nH]c4c3)C[C@H](O)C[C@]2(C)O)n(C)c1=O. The van der Waals surface area contributed by atoms with Crippen LogP contribution in [0.15, 0.2) is 34.1 Å². The van der Waals surface area contributed by atoms with Gasteiger partial charge in [0.1, 0.15) is 0 Å². The molecule has 202 valence electrons. The van der Waals surface area contributed by atoms with Crippen LogP contribution in [0, 0.1) is 0 Å². The number of aliphatic hydroxyl groups excluding tert-OH is 1. The Morgan fingerprint density at radius 1 is 1.18 bits per heavy atom. The molecule has 3 atom stereocenters. The van der Waals surface area contributed by atoms with E-state index in [1.165, 1.54) is 59.6 Å². The monoisotopic (exact) mass is 535 g/mol. The standard InChI is InChI=1S/C23H24F3N7O5/c1-22(38)7-12(34)8-32(18(35)11-4-5-13-14(6-11)29-20(28-13)23(24,25)26)9-15(22)33-10-27-17-16(33)19(36)31(3)21(37)30(17)2/h4-6,10,12,15,34,38H,7-9H2,1-3H3,(H,28,29)/t12-,15+,22+/m1/s1. The van der Waals surface area contributed by atoms with Crippen molar-refractivity contribution in [2.24, 2.45) is 14.1 Å². The molecule has 1 aliphatic heterocycles. The number of hydrogen-bond donors (Lipinski definition) is 3. The molecule has 4 heterocycles. The first-order chi connectivity index (χ1) is 17.7. The van der Waals surface area contributed by atoms with Gasteiger partial charge in [-0.25, -0.2) is 14.8 Å². The fourth-order valence-electron chi connectivity index (χ4n) is 5.03. The number of nitrogens with zero attached hydrogens (tertiary/aromatic N) is 6. The lowest BCUT2D eigenvalue weighted by Gasteiger charge is -2.34. The summed E-state index contributed by atoms with van der Waals surface area (Å²) in [6, 6.07) is 2.88. The highest BCUT2D eigenvalue weighted by molar-refractivity contribution is 5.97. The number of carbonyl (C=O) groups is 1. The Hall–Kier alpha value is -3.98. The molecule has 3 aromatic heterocycles. The lowest BCUT2D eigenvalue weighted by Crippen LogP contribution is -2.44. The number of amides is 1. The van der Waals surface area contributed by atoms with Gasteiger partial charge in [0.15, 0.2) is 11.2 Å². The van der Waals surface area contributed by atoms with E-state index in [0.717, 1.165) is 4.57 Å². The Labute approximate surface area is 211 Å². The summed E-state index contributed by atoms with van der Waals surface area (Å²) in [5, 5.41) is 22.0. The van der Waals surface area contributed by atoms with Crippen LogP contribution in [0.25, 0.3) is 22.2 Å². The number of likely N-dealkylation sites (tertiary alicyclic amines) is 1. The zero-order valence-electron chi connectivity index (χ0n) is 20.5. The predicted molar refractivity (Wildman–Crippen MR) is 127 cm³/mol. The maximum atomic E-state index is 13.5. The molecule has 0 bridgehead atoms. The number of H-pyrrole nitrogens is 1. The highest BCUT2D eigenvalue weighted by atomic mass is 19.4. The number of aliphatic hydroxyl groups is 2. The van der Waals surface area contributed by atoms with Crippen molar-refractivity contribution in [3.63, 3.8) is 0 Å². The summed E-state index contributed by atoms with van der Waals surface area (Å²) in [5.41, 5.74) is -2.67. The minimum absolute atomic E-state index is 0.00658. The number of aromatic nitrogens is 6. The van der Waals surface area contributed by atoms with Gasteiger partial charge in [0, 0.05) is 39.2 Å². The molecule has 15 heteroatoms. The molecular formula is C23H24F3N7O5. The van der Waals surface area contributed by atoms with Crippen LogP contribution in [0.1, 0.15) is 35.6 Å². The summed E-state index contributed by atoms with van der Waals surface area (Å²) in [6.45, 7) is 1.11. The Morgan fingerprint density at radius 3 is 2.58 bits per heavy atom. The summed E-state index contributed by atoms with van der Waals surface area (Å²) in [7, 11) is 2.75. The highest BCUT2D eigenvalue weighted by Crippen LogP contribution is 2.34. The Balaban J connectivity index is 1.57. The van der Waals surface area contributed by atoms with Crippen molar-refractivity contribution >= 4 is 28.1 Å². The van der Waals surface area contributed by atoms with Crippen LogP contribution < -0.4 is 11.2 Å². The molecule has 0 radical (unpaired) electrons. The van der Waals surface area contributed by atoms with Crippen LogP contribution in [0.5, 0.6) is 0 Å². The van der Waals surface area contributed by atoms with Crippen molar-refractivity contribution in [2.45, 2.75) is 37.3 Å². The number of fused-ring (bicyclic) bond motifs is 2. The summed E-state index contributed by atoms with van der Waals surface area (Å²) >= 11 is 0. The van der Waals surface area contributed by atoms with E-state index in [2.05, 4.69) is 15.0 Å². The van der Waals surface area contributed by atoms with Crippen LogP contribution >= 0.6 is 0 Å². The number of carbonyl (C=O) groups excluding carboxylic acids is 1. The molecule has 5 rings (SSSR count). The van der Waals surface area contributed by atoms with Gasteiger partial charge in [-0.1, -0.05) is 0 Å². The topological polar surface area (TPSA) is 151 Å². The van der Waals surface area contributed by atoms with Gasteiger partial charge >= 0.3 is 11.9 Å². The summed E-state index contributed by atoms with van der Waals surface area (Å²) in [6.07, 6.45) is -4.69. The summed E-state index contributed by atoms with van der Waals surface area (Å²) in [5.74, 6) is -1.80. The van der Waals surface area contributed by atoms with Crippen molar-refractivity contribution in [1.82, 2.24) is 33.6 Å². The second-order valence-electron chi connectivity index (χ2n) is 9.79. The Kier molecular flexibility index (Phi) is 5.76. The predicted octanol–water partition coefficient (Wildman–Crippen LogP) is 0.528. The minimum Gasteiger partial charge on any atom is -0.391 e. The number of β-amino-alcohol motifs (C(OH)–C–C–N with tert-alkyl or cyclic N) is 1. The van der Waals surface area contributed by atoms with E-state index in [0.29, 0.717) is 0 Å². The van der Waals surface area contributed by atoms with Crippen molar-refractivity contribution in [2.75, 3.05) is 13.1 Å². The zero-order chi connectivity index (χ0) is 27.7. The van der Waals surface area contributed by atoms with Crippen LogP contribution in [0.3, 0.4) is 0 Å². The van der Waals surface area contributed by atoms with Crippen molar-refractivity contribution in [3.05, 3.63) is 56.8 Å². The first kappa shape index (κ1) is 25.7. The van der Waals surface area contributed by atoms with Crippen LogP contribution in [-0.2, 0) is 20.3 Å². The maximum absolute atomic E-state index is 13.5. The van der Waals surface area contributed by atoms with Gasteiger partial charge in [0.05, 0.1) is 35.1 Å². The van der Waals surface area contributed by atoms with Crippen molar-refractivity contribution < 1.29 is 28.2 Å². The molecule has 1 fully saturated rings. The third kappa shape index (κ3) is 4.07. The van der Waals surface area contributed by atoms with E-state index in [1.54, 1.807) is 0 Å². The third-order valence-corrected chi connectivity index (χ3v) is 6.98. The number of aromatic amines is 1. The first-order valence-corrected chi connectivity index (χ1v) is 11.6. The number of imidazole rings is 2.